The fraction of sp³-hybridized carbons (Fsp3) is 0.545. The van der Waals surface area contributed by atoms with Gasteiger partial charge in [0.15, 0.2) is 0 Å². The minimum absolute atomic E-state index is 0.307. The van der Waals surface area contributed by atoms with E-state index in [1.54, 1.807) is 31.5 Å². The van der Waals surface area contributed by atoms with Crippen LogP contribution in [-0.4, -0.2) is 31.7 Å². The van der Waals surface area contributed by atoms with Gasteiger partial charge in [0.25, 0.3) is 0 Å². The summed E-state index contributed by atoms with van der Waals surface area (Å²) in [5, 5.41) is 2.58. The van der Waals surface area contributed by atoms with Crippen molar-refractivity contribution in [3.8, 4) is 0 Å². The smallest absolute Gasteiger partial charge is 0.215 e. The van der Waals surface area contributed by atoms with E-state index in [2.05, 4.69) is 15.0 Å². The van der Waals surface area contributed by atoms with E-state index in [1.165, 1.54) is 0 Å². The molecule has 96 valence electrons. The van der Waals surface area contributed by atoms with Crippen LogP contribution >= 0.6 is 0 Å². The summed E-state index contributed by atoms with van der Waals surface area (Å²) in [5.74, 6) is 0. The van der Waals surface area contributed by atoms with Crippen molar-refractivity contribution in [1.82, 2.24) is 15.0 Å². The molecule has 0 radical (unpaired) electrons. The predicted octanol–water partition coefficient (Wildman–Crippen LogP) is 0.499. The average Bonchev–Trinajstić information content (AvgIpc) is 2.35. The number of aromatic nitrogens is 1. The maximum absolute atomic E-state index is 11.8. The Morgan fingerprint density at radius 2 is 2.00 bits per heavy atom. The molecule has 1 aromatic rings. The van der Waals surface area contributed by atoms with Crippen molar-refractivity contribution in [3.63, 3.8) is 0 Å². The molecule has 1 aromatic heterocycles. The SMILES string of the molecule is CCNCC(C)S(=O)(=O)NCc1ccncc1. The van der Waals surface area contributed by atoms with Crippen LogP contribution in [0.5, 0.6) is 0 Å². The van der Waals surface area contributed by atoms with Gasteiger partial charge < -0.3 is 5.32 Å². The first kappa shape index (κ1) is 14.1. The Labute approximate surface area is 103 Å². The van der Waals surface area contributed by atoms with Crippen molar-refractivity contribution in [2.24, 2.45) is 0 Å². The highest BCUT2D eigenvalue weighted by atomic mass is 32.2. The first-order valence-corrected chi connectivity index (χ1v) is 7.19. The molecule has 0 aliphatic carbocycles. The number of nitrogens with one attached hydrogen (secondary N) is 2. The largest absolute Gasteiger partial charge is 0.316 e. The van der Waals surface area contributed by atoms with Gasteiger partial charge in [0.1, 0.15) is 0 Å². The van der Waals surface area contributed by atoms with Crippen LogP contribution in [-0.2, 0) is 16.6 Å². The Bertz CT molecular complexity index is 420. The lowest BCUT2D eigenvalue weighted by Gasteiger charge is -2.14. The normalized spacial score (nSPS) is 13.5. The van der Waals surface area contributed by atoms with Crippen LogP contribution in [0.3, 0.4) is 0 Å². The molecule has 1 rings (SSSR count). The molecule has 0 saturated carbocycles. The van der Waals surface area contributed by atoms with Gasteiger partial charge >= 0.3 is 0 Å². The van der Waals surface area contributed by atoms with E-state index in [4.69, 9.17) is 0 Å². The van der Waals surface area contributed by atoms with Crippen molar-refractivity contribution in [2.75, 3.05) is 13.1 Å². The van der Waals surface area contributed by atoms with Crippen molar-refractivity contribution in [3.05, 3.63) is 30.1 Å². The van der Waals surface area contributed by atoms with Crippen LogP contribution < -0.4 is 10.0 Å². The van der Waals surface area contributed by atoms with Gasteiger partial charge in [-0.1, -0.05) is 6.92 Å². The number of rotatable bonds is 7. The minimum atomic E-state index is -3.26. The molecule has 1 unspecified atom stereocenters. The molecule has 0 spiro atoms. The van der Waals surface area contributed by atoms with E-state index in [9.17, 15) is 8.42 Å². The molecule has 6 heteroatoms. The number of pyridine rings is 1. The summed E-state index contributed by atoms with van der Waals surface area (Å²) in [4.78, 5) is 3.88. The zero-order valence-electron chi connectivity index (χ0n) is 10.2. The molecule has 17 heavy (non-hydrogen) atoms. The first-order chi connectivity index (χ1) is 8.06. The third kappa shape index (κ3) is 4.80. The Hall–Kier alpha value is -0.980. The highest BCUT2D eigenvalue weighted by molar-refractivity contribution is 7.90. The molecule has 0 saturated heterocycles. The maximum atomic E-state index is 11.8. The van der Waals surface area contributed by atoms with Gasteiger partial charge in [0, 0.05) is 25.5 Å². The fourth-order valence-electron chi connectivity index (χ4n) is 1.28. The number of nitrogens with zero attached hydrogens (tertiary/aromatic N) is 1. The quantitative estimate of drug-likeness (QED) is 0.746. The number of hydrogen-bond acceptors (Lipinski definition) is 4. The summed E-state index contributed by atoms with van der Waals surface area (Å²) < 4.78 is 26.3. The zero-order chi connectivity index (χ0) is 12.7. The van der Waals surface area contributed by atoms with E-state index >= 15 is 0 Å². The predicted molar refractivity (Wildman–Crippen MR) is 68.0 cm³/mol. The van der Waals surface area contributed by atoms with E-state index in [0.29, 0.717) is 13.1 Å². The van der Waals surface area contributed by atoms with Gasteiger partial charge in [-0.25, -0.2) is 13.1 Å². The standard InChI is InChI=1S/C11H19N3O2S/c1-3-12-8-10(2)17(15,16)14-9-11-4-6-13-7-5-11/h4-7,10,12,14H,3,8-9H2,1-2H3. The van der Waals surface area contributed by atoms with Crippen molar-refractivity contribution in [1.29, 1.82) is 0 Å². The molecule has 5 nitrogen and oxygen atoms in total. The van der Waals surface area contributed by atoms with Crippen molar-refractivity contribution < 1.29 is 8.42 Å². The molecule has 2 N–H and O–H groups in total. The van der Waals surface area contributed by atoms with Crippen LogP contribution in [0.4, 0.5) is 0 Å². The molecule has 1 atom stereocenters. The lowest BCUT2D eigenvalue weighted by molar-refractivity contribution is 0.560. The topological polar surface area (TPSA) is 71.1 Å². The average molecular weight is 257 g/mol. The summed E-state index contributed by atoms with van der Waals surface area (Å²) >= 11 is 0. The van der Waals surface area contributed by atoms with Gasteiger partial charge in [-0.3, -0.25) is 4.98 Å². The summed E-state index contributed by atoms with van der Waals surface area (Å²) in [6.45, 7) is 5.18. The first-order valence-electron chi connectivity index (χ1n) is 5.64. The van der Waals surface area contributed by atoms with E-state index in [-0.39, 0.29) is 0 Å². The molecule has 0 fully saturated rings. The third-order valence-corrected chi connectivity index (χ3v) is 4.21. The van der Waals surface area contributed by atoms with Crippen LogP contribution in [0.1, 0.15) is 19.4 Å². The van der Waals surface area contributed by atoms with Gasteiger partial charge in [-0.2, -0.15) is 0 Å². The fourth-order valence-corrected chi connectivity index (χ4v) is 2.27. The maximum Gasteiger partial charge on any atom is 0.215 e. The third-order valence-electron chi connectivity index (χ3n) is 2.44. The Morgan fingerprint density at radius 3 is 2.59 bits per heavy atom. The monoisotopic (exact) mass is 257 g/mol. The Kier molecular flexibility index (Phi) is 5.54. The minimum Gasteiger partial charge on any atom is -0.316 e. The van der Waals surface area contributed by atoms with Crippen molar-refractivity contribution in [2.45, 2.75) is 25.6 Å². The van der Waals surface area contributed by atoms with Crippen LogP contribution in [0.15, 0.2) is 24.5 Å². The van der Waals surface area contributed by atoms with Crippen LogP contribution in [0.2, 0.25) is 0 Å². The summed E-state index contributed by atoms with van der Waals surface area (Å²) in [7, 11) is -3.26. The second-order valence-electron chi connectivity index (χ2n) is 3.84. The van der Waals surface area contributed by atoms with Crippen LogP contribution in [0, 0.1) is 0 Å². The number of hydrogen-bond donors (Lipinski definition) is 2. The van der Waals surface area contributed by atoms with Crippen molar-refractivity contribution >= 4 is 10.0 Å². The van der Waals surface area contributed by atoms with Gasteiger partial charge in [0.2, 0.25) is 10.0 Å². The Balaban J connectivity index is 2.50. The summed E-state index contributed by atoms with van der Waals surface area (Å²) in [5.41, 5.74) is 0.902. The molecule has 0 aromatic carbocycles. The van der Waals surface area contributed by atoms with E-state index in [1.807, 2.05) is 6.92 Å². The summed E-state index contributed by atoms with van der Waals surface area (Å²) in [6, 6.07) is 3.58. The molecule has 0 aliphatic rings. The molecular formula is C11H19N3O2S. The highest BCUT2D eigenvalue weighted by Crippen LogP contribution is 2.01. The van der Waals surface area contributed by atoms with Gasteiger partial charge in [-0.05, 0) is 31.2 Å². The molecule has 1 heterocycles. The summed E-state index contributed by atoms with van der Waals surface area (Å²) in [6.07, 6.45) is 3.29. The molecule has 0 aliphatic heterocycles. The van der Waals surface area contributed by atoms with Gasteiger partial charge in [0.05, 0.1) is 5.25 Å². The van der Waals surface area contributed by atoms with Gasteiger partial charge in [-0.15, -0.1) is 0 Å². The van der Waals surface area contributed by atoms with E-state index < -0.39 is 15.3 Å². The second-order valence-corrected chi connectivity index (χ2v) is 6.02. The highest BCUT2D eigenvalue weighted by Gasteiger charge is 2.19. The molecule has 0 bridgehead atoms. The number of sulfonamides is 1. The van der Waals surface area contributed by atoms with Crippen LogP contribution in [0.25, 0.3) is 0 Å². The Morgan fingerprint density at radius 1 is 1.35 bits per heavy atom. The molecule has 0 amide bonds. The molecular weight excluding hydrogens is 238 g/mol. The van der Waals surface area contributed by atoms with E-state index in [0.717, 1.165) is 12.1 Å². The lowest BCUT2D eigenvalue weighted by atomic mass is 10.3. The lowest BCUT2D eigenvalue weighted by Crippen LogP contribution is -2.38. The zero-order valence-corrected chi connectivity index (χ0v) is 11.0. The second kappa shape index (κ2) is 6.68.